The molecule has 0 aliphatic carbocycles. The molecule has 0 atom stereocenters. The molecular weight excluding hydrogens is 607 g/mol. The number of hydrogen-bond donors (Lipinski definition) is 0. The average molecular weight is 650 g/mol. The lowest BCUT2D eigenvalue weighted by atomic mass is 10.1. The molecule has 50 heavy (non-hydrogen) atoms. The van der Waals surface area contributed by atoms with Gasteiger partial charge in [-0.3, -0.25) is 0 Å². The van der Waals surface area contributed by atoms with Gasteiger partial charge in [0.25, 0.3) is 0 Å². The molecule has 0 aromatic heterocycles. The fourth-order valence-electron chi connectivity index (χ4n) is 5.93. The summed E-state index contributed by atoms with van der Waals surface area (Å²) >= 11 is 0. The first-order chi connectivity index (χ1) is 24.6. The molecule has 0 aliphatic rings. The molecule has 0 spiro atoms. The second kappa shape index (κ2) is 16.7. The number of benzene rings is 8. The van der Waals surface area contributed by atoms with Crippen molar-refractivity contribution in [3.63, 3.8) is 0 Å². The number of hydrogen-bond acceptors (Lipinski definition) is 3. The van der Waals surface area contributed by atoms with Crippen molar-refractivity contribution in [1.82, 2.24) is 0 Å². The Balaban J connectivity index is 0.000000131. The quantitative estimate of drug-likeness (QED) is 0.177. The van der Waals surface area contributed by atoms with E-state index in [1.165, 1.54) is 55.7 Å². The third-order valence-electron chi connectivity index (χ3n) is 8.82. The molecule has 8 aromatic carbocycles. The minimum atomic E-state index is 1.20. The summed E-state index contributed by atoms with van der Waals surface area (Å²) in [6.45, 7) is 0. The molecule has 0 unspecified atom stereocenters. The van der Waals surface area contributed by atoms with Crippen LogP contribution in [0.3, 0.4) is 0 Å². The van der Waals surface area contributed by atoms with E-state index in [1.54, 1.807) is 0 Å². The van der Waals surface area contributed by atoms with Gasteiger partial charge in [0.1, 0.15) is 0 Å². The van der Waals surface area contributed by atoms with E-state index in [0.29, 0.717) is 0 Å². The average Bonchev–Trinajstić information content (AvgIpc) is 3.21. The molecule has 0 aliphatic heterocycles. The first kappa shape index (κ1) is 33.6. The van der Waals surface area contributed by atoms with E-state index >= 15 is 0 Å². The Morgan fingerprint density at radius 2 is 0.640 bits per heavy atom. The van der Waals surface area contributed by atoms with Crippen LogP contribution in [0.4, 0.5) is 34.1 Å². The van der Waals surface area contributed by atoms with Gasteiger partial charge in [0, 0.05) is 60.7 Å². The van der Waals surface area contributed by atoms with Crippen molar-refractivity contribution in [1.29, 1.82) is 0 Å². The molecule has 3 nitrogen and oxygen atoms in total. The van der Waals surface area contributed by atoms with E-state index in [2.05, 4.69) is 218 Å². The summed E-state index contributed by atoms with van der Waals surface area (Å²) in [6, 6.07) is 71.4. The topological polar surface area (TPSA) is 9.72 Å². The SMILES string of the molecule is CN(c1ccccc1)c1ccc2ccccc2c1.CN(c1ccccc1)c1cccc2ccccc12.CN(c1ccccc1)c1ccccc1. The van der Waals surface area contributed by atoms with Crippen LogP contribution in [0.1, 0.15) is 0 Å². The lowest BCUT2D eigenvalue weighted by Crippen LogP contribution is -2.09. The molecule has 8 aromatic rings. The lowest BCUT2D eigenvalue weighted by molar-refractivity contribution is 1.21. The van der Waals surface area contributed by atoms with Gasteiger partial charge >= 0.3 is 0 Å². The van der Waals surface area contributed by atoms with E-state index in [0.717, 1.165) is 0 Å². The number of fused-ring (bicyclic) bond motifs is 2. The van der Waals surface area contributed by atoms with Crippen molar-refractivity contribution >= 4 is 55.7 Å². The first-order valence-corrected chi connectivity index (χ1v) is 17.0. The van der Waals surface area contributed by atoms with Crippen LogP contribution in [0, 0.1) is 0 Å². The van der Waals surface area contributed by atoms with Crippen LogP contribution in [0.15, 0.2) is 206 Å². The highest BCUT2D eigenvalue weighted by molar-refractivity contribution is 5.96. The Morgan fingerprint density at radius 3 is 1.16 bits per heavy atom. The van der Waals surface area contributed by atoms with Crippen molar-refractivity contribution in [2.45, 2.75) is 0 Å². The highest BCUT2D eigenvalue weighted by Gasteiger charge is 2.07. The molecule has 0 fully saturated rings. The van der Waals surface area contributed by atoms with Crippen LogP contribution in [0.2, 0.25) is 0 Å². The predicted molar refractivity (Wildman–Crippen MR) is 218 cm³/mol. The summed E-state index contributed by atoms with van der Waals surface area (Å²) in [5.41, 5.74) is 7.26. The van der Waals surface area contributed by atoms with E-state index < -0.39 is 0 Å². The van der Waals surface area contributed by atoms with Gasteiger partial charge in [-0.1, -0.05) is 140 Å². The summed E-state index contributed by atoms with van der Waals surface area (Å²) in [4.78, 5) is 6.59. The van der Waals surface area contributed by atoms with Crippen molar-refractivity contribution in [2.24, 2.45) is 0 Å². The van der Waals surface area contributed by atoms with Crippen LogP contribution in [0.5, 0.6) is 0 Å². The van der Waals surface area contributed by atoms with Crippen molar-refractivity contribution in [3.05, 3.63) is 206 Å². The predicted octanol–water partition coefficient (Wildman–Crippen LogP) is 12.7. The largest absolute Gasteiger partial charge is 0.345 e. The molecule has 0 saturated carbocycles. The van der Waals surface area contributed by atoms with Gasteiger partial charge < -0.3 is 14.7 Å². The highest BCUT2D eigenvalue weighted by Crippen LogP contribution is 2.31. The van der Waals surface area contributed by atoms with Gasteiger partial charge in [-0.25, -0.2) is 0 Å². The van der Waals surface area contributed by atoms with Crippen LogP contribution >= 0.6 is 0 Å². The molecule has 0 saturated heterocycles. The smallest absolute Gasteiger partial charge is 0.0487 e. The van der Waals surface area contributed by atoms with Crippen molar-refractivity contribution in [2.75, 3.05) is 35.8 Å². The van der Waals surface area contributed by atoms with Gasteiger partial charge in [0.2, 0.25) is 0 Å². The fraction of sp³-hybridized carbons (Fsp3) is 0.0638. The number of rotatable bonds is 6. The molecular formula is C47H43N3. The molecule has 0 heterocycles. The third-order valence-corrected chi connectivity index (χ3v) is 8.82. The van der Waals surface area contributed by atoms with Crippen LogP contribution < -0.4 is 14.7 Å². The van der Waals surface area contributed by atoms with Gasteiger partial charge in [0.15, 0.2) is 0 Å². The van der Waals surface area contributed by atoms with Crippen LogP contribution in [0.25, 0.3) is 21.5 Å². The summed E-state index contributed by atoms with van der Waals surface area (Å²) < 4.78 is 0. The van der Waals surface area contributed by atoms with E-state index in [4.69, 9.17) is 0 Å². The van der Waals surface area contributed by atoms with Gasteiger partial charge in [-0.05, 0) is 82.9 Å². The van der Waals surface area contributed by atoms with Gasteiger partial charge in [0.05, 0.1) is 0 Å². The summed E-state index contributed by atoms with van der Waals surface area (Å²) in [6.07, 6.45) is 0. The maximum Gasteiger partial charge on any atom is 0.0487 e. The first-order valence-electron chi connectivity index (χ1n) is 17.0. The minimum Gasteiger partial charge on any atom is -0.345 e. The van der Waals surface area contributed by atoms with Crippen LogP contribution in [-0.2, 0) is 0 Å². The van der Waals surface area contributed by atoms with Crippen molar-refractivity contribution in [3.8, 4) is 0 Å². The second-order valence-electron chi connectivity index (χ2n) is 12.0. The fourth-order valence-corrected chi connectivity index (χ4v) is 5.93. The third kappa shape index (κ3) is 8.39. The summed E-state index contributed by atoms with van der Waals surface area (Å²) in [7, 11) is 6.28. The lowest BCUT2D eigenvalue weighted by Gasteiger charge is -2.21. The van der Waals surface area contributed by atoms with Crippen LogP contribution in [-0.4, -0.2) is 21.1 Å². The van der Waals surface area contributed by atoms with E-state index in [1.807, 2.05) is 24.3 Å². The summed E-state index contributed by atoms with van der Waals surface area (Å²) in [5, 5.41) is 5.12. The van der Waals surface area contributed by atoms with Gasteiger partial charge in [-0.2, -0.15) is 0 Å². The monoisotopic (exact) mass is 649 g/mol. The zero-order chi connectivity index (χ0) is 34.5. The molecule has 0 N–H and O–H groups in total. The number of nitrogens with zero attached hydrogens (tertiary/aromatic N) is 3. The molecule has 8 rings (SSSR count). The Hall–Kier alpha value is -6.32. The standard InChI is InChI=1S/2C17H15N.C13H13N/c1-18(15-10-3-2-4-11-15)17-13-7-9-14-8-5-6-12-16(14)17;1-18(16-9-3-2-4-10-16)17-12-11-14-7-5-6-8-15(14)13-17;1-14(12-8-4-2-5-9-12)13-10-6-3-7-11-13/h2*2-13H,1H3;2-11H,1H3. The minimum absolute atomic E-state index is 1.20. The van der Waals surface area contributed by atoms with Gasteiger partial charge in [-0.15, -0.1) is 0 Å². The normalized spacial score (nSPS) is 10.3. The Labute approximate surface area is 296 Å². The Morgan fingerprint density at radius 1 is 0.260 bits per heavy atom. The van der Waals surface area contributed by atoms with E-state index in [9.17, 15) is 0 Å². The van der Waals surface area contributed by atoms with E-state index in [-0.39, 0.29) is 0 Å². The molecule has 246 valence electrons. The Bertz CT molecular complexity index is 2150. The molecule has 3 heteroatoms. The highest BCUT2D eigenvalue weighted by atomic mass is 15.1. The maximum absolute atomic E-state index is 2.22. The number of anilines is 6. The Kier molecular flexibility index (Phi) is 11.2. The maximum atomic E-state index is 2.22. The van der Waals surface area contributed by atoms with Crippen molar-refractivity contribution < 1.29 is 0 Å². The second-order valence-corrected chi connectivity index (χ2v) is 12.0. The zero-order valence-electron chi connectivity index (χ0n) is 29.0. The number of para-hydroxylation sites is 4. The molecule has 0 radical (unpaired) electrons. The molecule has 0 bridgehead atoms. The zero-order valence-corrected chi connectivity index (χ0v) is 29.0. The summed E-state index contributed by atoms with van der Waals surface area (Å²) in [5.74, 6) is 0. The molecule has 0 amide bonds.